The maximum absolute atomic E-state index is 13.0. The van der Waals surface area contributed by atoms with Crippen LogP contribution in [0.4, 0.5) is 4.39 Å². The average molecular weight is 215 g/mol. The Labute approximate surface area is 87.5 Å². The SMILES string of the molecule is Fc1cnc(Cl)c(C2CCCNC2)c1. The molecule has 0 amide bonds. The summed E-state index contributed by atoms with van der Waals surface area (Å²) < 4.78 is 13.0. The number of hydrogen-bond acceptors (Lipinski definition) is 2. The van der Waals surface area contributed by atoms with E-state index in [1.165, 1.54) is 6.07 Å². The molecule has 2 heterocycles. The van der Waals surface area contributed by atoms with Crippen molar-refractivity contribution in [2.24, 2.45) is 0 Å². The van der Waals surface area contributed by atoms with Crippen molar-refractivity contribution < 1.29 is 4.39 Å². The van der Waals surface area contributed by atoms with Crippen molar-refractivity contribution in [3.63, 3.8) is 0 Å². The van der Waals surface area contributed by atoms with Gasteiger partial charge in [0.1, 0.15) is 11.0 Å². The van der Waals surface area contributed by atoms with Crippen molar-refractivity contribution in [3.8, 4) is 0 Å². The summed E-state index contributed by atoms with van der Waals surface area (Å²) in [6.07, 6.45) is 3.32. The lowest BCUT2D eigenvalue weighted by atomic mass is 9.93. The Hall–Kier alpha value is -0.670. The van der Waals surface area contributed by atoms with Crippen LogP contribution >= 0.6 is 11.6 Å². The summed E-state index contributed by atoms with van der Waals surface area (Å²) in [5.74, 6) is -0.00516. The van der Waals surface area contributed by atoms with Gasteiger partial charge in [-0.2, -0.15) is 0 Å². The largest absolute Gasteiger partial charge is 0.316 e. The fourth-order valence-corrected chi connectivity index (χ4v) is 2.10. The van der Waals surface area contributed by atoms with Crippen molar-refractivity contribution >= 4 is 11.6 Å². The summed E-state index contributed by atoms with van der Waals surface area (Å²) in [5.41, 5.74) is 0.832. The van der Waals surface area contributed by atoms with Crippen molar-refractivity contribution in [1.82, 2.24) is 10.3 Å². The second-order valence-electron chi connectivity index (χ2n) is 3.58. The third-order valence-electron chi connectivity index (χ3n) is 2.57. The van der Waals surface area contributed by atoms with E-state index in [4.69, 9.17) is 11.6 Å². The molecule has 1 aromatic rings. The quantitative estimate of drug-likeness (QED) is 0.726. The molecule has 76 valence electrons. The first kappa shape index (κ1) is 9.87. The zero-order chi connectivity index (χ0) is 9.97. The van der Waals surface area contributed by atoms with E-state index < -0.39 is 0 Å². The van der Waals surface area contributed by atoms with Crippen LogP contribution in [-0.4, -0.2) is 18.1 Å². The predicted molar refractivity (Wildman–Crippen MR) is 54.0 cm³/mol. The zero-order valence-electron chi connectivity index (χ0n) is 7.76. The van der Waals surface area contributed by atoms with Gasteiger partial charge in [-0.25, -0.2) is 9.37 Å². The normalized spacial score (nSPS) is 22.3. The van der Waals surface area contributed by atoms with E-state index in [1.807, 2.05) is 0 Å². The minimum atomic E-state index is -0.310. The van der Waals surface area contributed by atoms with E-state index in [0.717, 1.165) is 37.7 Å². The minimum absolute atomic E-state index is 0.305. The van der Waals surface area contributed by atoms with Gasteiger partial charge in [0, 0.05) is 6.54 Å². The van der Waals surface area contributed by atoms with Crippen LogP contribution in [-0.2, 0) is 0 Å². The van der Waals surface area contributed by atoms with Crippen LogP contribution in [0.1, 0.15) is 24.3 Å². The highest BCUT2D eigenvalue weighted by Crippen LogP contribution is 2.28. The van der Waals surface area contributed by atoms with Crippen LogP contribution in [0.25, 0.3) is 0 Å². The molecular weight excluding hydrogens is 203 g/mol. The molecule has 1 aliphatic rings. The van der Waals surface area contributed by atoms with Gasteiger partial charge in [-0.15, -0.1) is 0 Å². The molecule has 0 bridgehead atoms. The lowest BCUT2D eigenvalue weighted by Gasteiger charge is -2.23. The third kappa shape index (κ3) is 2.04. The number of hydrogen-bond donors (Lipinski definition) is 1. The molecule has 1 fully saturated rings. The molecule has 1 unspecified atom stereocenters. The minimum Gasteiger partial charge on any atom is -0.316 e. The maximum atomic E-state index is 13.0. The van der Waals surface area contributed by atoms with Gasteiger partial charge in [0.05, 0.1) is 6.20 Å². The molecule has 2 nitrogen and oxygen atoms in total. The van der Waals surface area contributed by atoms with E-state index in [1.54, 1.807) is 0 Å². The van der Waals surface area contributed by atoms with Crippen LogP contribution < -0.4 is 5.32 Å². The van der Waals surface area contributed by atoms with Gasteiger partial charge in [-0.05, 0) is 36.9 Å². The molecule has 4 heteroatoms. The molecule has 14 heavy (non-hydrogen) atoms. The number of nitrogens with zero attached hydrogens (tertiary/aromatic N) is 1. The van der Waals surface area contributed by atoms with Gasteiger partial charge >= 0.3 is 0 Å². The Morgan fingerprint density at radius 2 is 2.43 bits per heavy atom. The number of pyridine rings is 1. The standard InChI is InChI=1S/C10H12ClFN2/c11-10-9(4-8(12)6-14-10)7-2-1-3-13-5-7/h4,6-7,13H,1-3,5H2. The van der Waals surface area contributed by atoms with Crippen LogP contribution in [0.5, 0.6) is 0 Å². The monoisotopic (exact) mass is 214 g/mol. The molecule has 2 rings (SSSR count). The predicted octanol–water partition coefficient (Wildman–Crippen LogP) is 2.34. The smallest absolute Gasteiger partial charge is 0.141 e. The Bertz CT molecular complexity index is 324. The number of piperidine rings is 1. The fourth-order valence-electron chi connectivity index (χ4n) is 1.84. The molecule has 0 aliphatic carbocycles. The zero-order valence-corrected chi connectivity index (χ0v) is 8.52. The van der Waals surface area contributed by atoms with Gasteiger partial charge in [-0.1, -0.05) is 11.6 Å². The highest BCUT2D eigenvalue weighted by molar-refractivity contribution is 6.30. The van der Waals surface area contributed by atoms with Crippen molar-refractivity contribution in [3.05, 3.63) is 28.8 Å². The van der Waals surface area contributed by atoms with E-state index in [9.17, 15) is 4.39 Å². The summed E-state index contributed by atoms with van der Waals surface area (Å²) in [6.45, 7) is 1.90. The first-order valence-corrected chi connectivity index (χ1v) is 5.17. The highest BCUT2D eigenvalue weighted by atomic mass is 35.5. The summed E-state index contributed by atoms with van der Waals surface area (Å²) in [4.78, 5) is 3.82. The Morgan fingerprint density at radius 3 is 3.14 bits per heavy atom. The second-order valence-corrected chi connectivity index (χ2v) is 3.93. The molecule has 1 aromatic heterocycles. The summed E-state index contributed by atoms with van der Waals surface area (Å²) in [6, 6.07) is 1.49. The molecule has 1 aliphatic heterocycles. The third-order valence-corrected chi connectivity index (χ3v) is 2.89. The van der Waals surface area contributed by atoms with E-state index in [-0.39, 0.29) is 5.82 Å². The van der Waals surface area contributed by atoms with Gasteiger partial charge in [0.2, 0.25) is 0 Å². The first-order chi connectivity index (χ1) is 6.77. The summed E-state index contributed by atoms with van der Waals surface area (Å²) in [7, 11) is 0. The van der Waals surface area contributed by atoms with Gasteiger partial charge in [-0.3, -0.25) is 0 Å². The number of aromatic nitrogens is 1. The molecule has 1 N–H and O–H groups in total. The summed E-state index contributed by atoms with van der Waals surface area (Å²) in [5, 5.41) is 3.70. The maximum Gasteiger partial charge on any atom is 0.141 e. The number of nitrogens with one attached hydrogen (secondary N) is 1. The number of halogens is 2. The van der Waals surface area contributed by atoms with Crippen LogP contribution in [0.3, 0.4) is 0 Å². The van der Waals surface area contributed by atoms with Gasteiger partial charge < -0.3 is 5.32 Å². The van der Waals surface area contributed by atoms with E-state index >= 15 is 0 Å². The fraction of sp³-hybridized carbons (Fsp3) is 0.500. The highest BCUT2D eigenvalue weighted by Gasteiger charge is 2.18. The molecule has 1 saturated heterocycles. The second kappa shape index (κ2) is 4.24. The lowest BCUT2D eigenvalue weighted by Crippen LogP contribution is -2.28. The summed E-state index contributed by atoms with van der Waals surface area (Å²) >= 11 is 5.92. The van der Waals surface area contributed by atoms with E-state index in [0.29, 0.717) is 11.1 Å². The molecule has 0 aromatic carbocycles. The van der Waals surface area contributed by atoms with Gasteiger partial charge in [0.25, 0.3) is 0 Å². The average Bonchev–Trinajstić information content (AvgIpc) is 2.23. The lowest BCUT2D eigenvalue weighted by molar-refractivity contribution is 0.459. The Morgan fingerprint density at radius 1 is 1.57 bits per heavy atom. The first-order valence-electron chi connectivity index (χ1n) is 4.79. The Kier molecular flexibility index (Phi) is 2.99. The molecular formula is C10H12ClFN2. The molecule has 0 radical (unpaired) electrons. The number of rotatable bonds is 1. The van der Waals surface area contributed by atoms with Gasteiger partial charge in [0.15, 0.2) is 0 Å². The van der Waals surface area contributed by atoms with Crippen molar-refractivity contribution in [2.75, 3.05) is 13.1 Å². The molecule has 0 spiro atoms. The van der Waals surface area contributed by atoms with Crippen LogP contribution in [0.15, 0.2) is 12.3 Å². The van der Waals surface area contributed by atoms with Crippen LogP contribution in [0.2, 0.25) is 5.15 Å². The molecule has 0 saturated carbocycles. The van der Waals surface area contributed by atoms with Crippen molar-refractivity contribution in [1.29, 1.82) is 0 Å². The topological polar surface area (TPSA) is 24.9 Å². The van der Waals surface area contributed by atoms with Crippen LogP contribution in [0, 0.1) is 5.82 Å². The molecule has 1 atom stereocenters. The van der Waals surface area contributed by atoms with Crippen molar-refractivity contribution in [2.45, 2.75) is 18.8 Å². The van der Waals surface area contributed by atoms with E-state index in [2.05, 4.69) is 10.3 Å². The Balaban J connectivity index is 2.24.